The Labute approximate surface area is 188 Å². The van der Waals surface area contributed by atoms with E-state index in [0.717, 1.165) is 0 Å². The number of hydrogen-bond donors (Lipinski definition) is 2. The molecule has 0 bridgehead atoms. The lowest BCUT2D eigenvalue weighted by Crippen LogP contribution is -2.32. The first-order valence-corrected chi connectivity index (χ1v) is 9.60. The first-order valence-electron chi connectivity index (χ1n) is 9.22. The zero-order chi connectivity index (χ0) is 23.1. The molecular formula is C22H18ClN3O6. The Morgan fingerprint density at radius 1 is 1.00 bits per heavy atom. The van der Waals surface area contributed by atoms with E-state index in [2.05, 4.69) is 15.8 Å². The van der Waals surface area contributed by atoms with E-state index in [1.807, 2.05) is 0 Å². The highest BCUT2D eigenvalue weighted by Crippen LogP contribution is 2.29. The molecule has 0 spiro atoms. The summed E-state index contributed by atoms with van der Waals surface area (Å²) >= 11 is 5.85. The summed E-state index contributed by atoms with van der Waals surface area (Å²) in [4.78, 5) is 36.1. The third kappa shape index (κ3) is 5.73. The summed E-state index contributed by atoms with van der Waals surface area (Å²) in [6, 6.07) is 14.1. The Balaban J connectivity index is 1.65. The summed E-state index contributed by atoms with van der Waals surface area (Å²) in [5.74, 6) is -2.05. The summed E-state index contributed by atoms with van der Waals surface area (Å²) in [5, 5.41) is 6.77. The van der Waals surface area contributed by atoms with E-state index >= 15 is 0 Å². The molecule has 2 N–H and O–H groups in total. The minimum absolute atomic E-state index is 0.0487. The van der Waals surface area contributed by atoms with Crippen LogP contribution < -0.4 is 20.2 Å². The van der Waals surface area contributed by atoms with E-state index in [4.69, 9.17) is 25.5 Å². The Hall–Kier alpha value is -4.11. The number of carbonyl (C=O) groups excluding carboxylic acids is 3. The maximum Gasteiger partial charge on any atom is 0.379 e. The molecule has 0 unspecified atom stereocenters. The topological polar surface area (TPSA) is 119 Å². The van der Waals surface area contributed by atoms with E-state index in [9.17, 15) is 14.4 Å². The highest BCUT2D eigenvalue weighted by Gasteiger charge is 2.16. The Morgan fingerprint density at radius 2 is 1.81 bits per heavy atom. The lowest BCUT2D eigenvalue weighted by atomic mass is 10.1. The lowest BCUT2D eigenvalue weighted by Gasteiger charge is -2.10. The number of nitrogens with one attached hydrogen (secondary N) is 2. The number of ether oxygens (including phenoxy) is 2. The fourth-order valence-electron chi connectivity index (χ4n) is 2.53. The summed E-state index contributed by atoms with van der Waals surface area (Å²) in [5.41, 5.74) is 3.51. The normalized spacial score (nSPS) is 10.9. The number of nitrogens with zero attached hydrogens (tertiary/aromatic N) is 1. The standard InChI is InChI=1S/C22H18ClN3O6/c1-13(25-26-21(28)20(27)24-16-6-3-5-15(23)12-16)14-8-9-17(19(11-14)30-2)32-22(29)18-7-4-10-31-18/h3-12H,1-2H3,(H,24,27)(H,26,28). The molecule has 164 valence electrons. The molecule has 0 fully saturated rings. The average Bonchev–Trinajstić information content (AvgIpc) is 3.32. The van der Waals surface area contributed by atoms with Gasteiger partial charge in [-0.3, -0.25) is 9.59 Å². The second-order valence-corrected chi connectivity index (χ2v) is 6.77. The number of amides is 2. The highest BCUT2D eigenvalue weighted by molar-refractivity contribution is 6.40. The van der Waals surface area contributed by atoms with E-state index in [1.165, 1.54) is 31.6 Å². The second kappa shape index (κ2) is 10.3. The molecule has 1 heterocycles. The number of esters is 1. The van der Waals surface area contributed by atoms with E-state index in [1.54, 1.807) is 43.3 Å². The molecule has 2 aromatic carbocycles. The van der Waals surface area contributed by atoms with Crippen molar-refractivity contribution in [1.82, 2.24) is 5.43 Å². The number of methoxy groups -OCH3 is 1. The van der Waals surface area contributed by atoms with Crippen molar-refractivity contribution in [1.29, 1.82) is 0 Å². The number of hydrazone groups is 1. The molecule has 0 saturated heterocycles. The smallest absolute Gasteiger partial charge is 0.379 e. The summed E-state index contributed by atoms with van der Waals surface area (Å²) in [6.07, 6.45) is 1.36. The minimum atomic E-state index is -0.958. The zero-order valence-corrected chi connectivity index (χ0v) is 17.8. The van der Waals surface area contributed by atoms with Crippen LogP contribution in [0.2, 0.25) is 5.02 Å². The van der Waals surface area contributed by atoms with Gasteiger partial charge >= 0.3 is 17.8 Å². The van der Waals surface area contributed by atoms with Crippen LogP contribution in [0.5, 0.6) is 11.5 Å². The van der Waals surface area contributed by atoms with Gasteiger partial charge in [0, 0.05) is 16.3 Å². The molecule has 0 aliphatic rings. The van der Waals surface area contributed by atoms with Crippen LogP contribution in [0.4, 0.5) is 5.69 Å². The summed E-state index contributed by atoms with van der Waals surface area (Å²) in [6.45, 7) is 1.62. The maximum absolute atomic E-state index is 12.1. The number of rotatable bonds is 6. The minimum Gasteiger partial charge on any atom is -0.493 e. The highest BCUT2D eigenvalue weighted by atomic mass is 35.5. The van der Waals surface area contributed by atoms with Gasteiger partial charge in [-0.1, -0.05) is 17.7 Å². The van der Waals surface area contributed by atoms with Gasteiger partial charge in [0.1, 0.15) is 0 Å². The molecule has 0 atom stereocenters. The van der Waals surface area contributed by atoms with Gasteiger partial charge in [0.25, 0.3) is 0 Å². The van der Waals surface area contributed by atoms with Crippen LogP contribution in [0.15, 0.2) is 70.4 Å². The van der Waals surface area contributed by atoms with Crippen molar-refractivity contribution < 1.29 is 28.3 Å². The number of benzene rings is 2. The molecule has 2 amide bonds. The van der Waals surface area contributed by atoms with Crippen molar-refractivity contribution in [3.63, 3.8) is 0 Å². The zero-order valence-electron chi connectivity index (χ0n) is 17.0. The van der Waals surface area contributed by atoms with Gasteiger partial charge in [-0.25, -0.2) is 10.2 Å². The van der Waals surface area contributed by atoms with Crippen LogP contribution in [-0.4, -0.2) is 30.6 Å². The largest absolute Gasteiger partial charge is 0.493 e. The number of carbonyl (C=O) groups is 3. The maximum atomic E-state index is 12.1. The average molecular weight is 456 g/mol. The molecule has 32 heavy (non-hydrogen) atoms. The lowest BCUT2D eigenvalue weighted by molar-refractivity contribution is -0.136. The van der Waals surface area contributed by atoms with E-state index in [0.29, 0.717) is 22.0 Å². The quantitative estimate of drug-likeness (QED) is 0.192. The molecular weight excluding hydrogens is 438 g/mol. The first kappa shape index (κ1) is 22.6. The van der Waals surface area contributed by atoms with Crippen LogP contribution in [-0.2, 0) is 9.59 Å². The third-order valence-electron chi connectivity index (χ3n) is 4.12. The van der Waals surface area contributed by atoms with Crippen LogP contribution in [0.1, 0.15) is 23.0 Å². The Bertz CT molecular complexity index is 1170. The molecule has 0 radical (unpaired) electrons. The molecule has 0 aliphatic carbocycles. The van der Waals surface area contributed by atoms with Gasteiger partial charge in [-0.2, -0.15) is 5.10 Å². The second-order valence-electron chi connectivity index (χ2n) is 6.34. The van der Waals surface area contributed by atoms with Crippen molar-refractivity contribution in [2.75, 3.05) is 12.4 Å². The fourth-order valence-corrected chi connectivity index (χ4v) is 2.72. The number of anilines is 1. The van der Waals surface area contributed by atoms with Crippen molar-refractivity contribution in [3.05, 3.63) is 77.2 Å². The molecule has 9 nitrogen and oxygen atoms in total. The van der Waals surface area contributed by atoms with E-state index in [-0.39, 0.29) is 17.3 Å². The van der Waals surface area contributed by atoms with Crippen LogP contribution >= 0.6 is 11.6 Å². The van der Waals surface area contributed by atoms with Crippen LogP contribution in [0.3, 0.4) is 0 Å². The number of halogens is 1. The summed E-state index contributed by atoms with van der Waals surface area (Å²) in [7, 11) is 1.41. The number of hydrogen-bond acceptors (Lipinski definition) is 7. The van der Waals surface area contributed by atoms with E-state index < -0.39 is 17.8 Å². The van der Waals surface area contributed by atoms with Gasteiger partial charge in [-0.05, 0) is 55.5 Å². The molecule has 1 aromatic heterocycles. The van der Waals surface area contributed by atoms with Gasteiger partial charge < -0.3 is 19.2 Å². The van der Waals surface area contributed by atoms with Gasteiger partial charge in [0.15, 0.2) is 11.5 Å². The predicted molar refractivity (Wildman–Crippen MR) is 117 cm³/mol. The Morgan fingerprint density at radius 3 is 2.50 bits per heavy atom. The Kier molecular flexibility index (Phi) is 7.25. The van der Waals surface area contributed by atoms with Crippen LogP contribution in [0, 0.1) is 0 Å². The molecule has 0 aliphatic heterocycles. The number of furan rings is 1. The van der Waals surface area contributed by atoms with Gasteiger partial charge in [0.05, 0.1) is 19.1 Å². The third-order valence-corrected chi connectivity index (χ3v) is 4.36. The van der Waals surface area contributed by atoms with Crippen molar-refractivity contribution >= 4 is 40.8 Å². The SMILES string of the molecule is COc1cc(C(C)=NNC(=O)C(=O)Nc2cccc(Cl)c2)ccc1OC(=O)c1ccco1. The molecule has 0 saturated carbocycles. The van der Waals surface area contributed by atoms with Gasteiger partial charge in [0.2, 0.25) is 5.76 Å². The molecule has 3 rings (SSSR count). The van der Waals surface area contributed by atoms with Crippen molar-refractivity contribution in [3.8, 4) is 11.5 Å². The van der Waals surface area contributed by atoms with Crippen LogP contribution in [0.25, 0.3) is 0 Å². The fraction of sp³-hybridized carbons (Fsp3) is 0.0909. The summed E-state index contributed by atoms with van der Waals surface area (Å²) < 4.78 is 15.6. The van der Waals surface area contributed by atoms with Crippen molar-refractivity contribution in [2.24, 2.45) is 5.10 Å². The van der Waals surface area contributed by atoms with Gasteiger partial charge in [-0.15, -0.1) is 0 Å². The molecule has 3 aromatic rings. The monoisotopic (exact) mass is 455 g/mol. The predicted octanol–water partition coefficient (Wildman–Crippen LogP) is 3.64. The first-order chi connectivity index (χ1) is 15.4. The molecule has 10 heteroatoms. The van der Waals surface area contributed by atoms with Crippen molar-refractivity contribution in [2.45, 2.75) is 6.92 Å².